The van der Waals surface area contributed by atoms with Crippen LogP contribution in [0.5, 0.6) is 11.6 Å². The molecule has 0 aliphatic rings. The summed E-state index contributed by atoms with van der Waals surface area (Å²) in [6, 6.07) is 5.16. The van der Waals surface area contributed by atoms with Gasteiger partial charge in [0, 0.05) is 12.3 Å². The first-order valence-electron chi connectivity index (χ1n) is 4.38. The van der Waals surface area contributed by atoms with Crippen molar-refractivity contribution >= 4 is 46.4 Å². The Morgan fingerprint density at radius 2 is 1.59 bits per heavy atom. The number of hydrogen-bond donors (Lipinski definition) is 0. The first-order valence-corrected chi connectivity index (χ1v) is 5.89. The highest BCUT2D eigenvalue weighted by Crippen LogP contribution is 2.42. The number of pyridine rings is 2. The fraction of sp³-hybridized carbons (Fsp3) is 0. The predicted octanol–water partition coefficient (Wildman–Crippen LogP) is 4.88. The molecule has 2 aromatic rings. The first kappa shape index (κ1) is 12.7. The highest BCUT2D eigenvalue weighted by molar-refractivity contribution is 6.47. The summed E-state index contributed by atoms with van der Waals surface area (Å²) in [6.07, 6.45) is 1.57. The van der Waals surface area contributed by atoms with Gasteiger partial charge < -0.3 is 4.74 Å². The van der Waals surface area contributed by atoms with Crippen LogP contribution in [0.2, 0.25) is 20.4 Å². The van der Waals surface area contributed by atoms with Gasteiger partial charge in [-0.05, 0) is 6.07 Å². The average Bonchev–Trinajstić information content (AvgIpc) is 2.33. The van der Waals surface area contributed by atoms with Crippen LogP contribution in [0.25, 0.3) is 0 Å². The third-order valence-corrected chi connectivity index (χ3v) is 3.24. The normalized spacial score (nSPS) is 10.4. The maximum Gasteiger partial charge on any atom is 0.219 e. The summed E-state index contributed by atoms with van der Waals surface area (Å²) in [5.74, 6) is 0.465. The molecule has 0 saturated carbocycles. The summed E-state index contributed by atoms with van der Waals surface area (Å²) < 4.78 is 5.42. The van der Waals surface area contributed by atoms with Crippen molar-refractivity contribution in [1.29, 1.82) is 0 Å². The zero-order chi connectivity index (χ0) is 12.4. The second-order valence-corrected chi connectivity index (χ2v) is 4.39. The van der Waals surface area contributed by atoms with Gasteiger partial charge in [0.1, 0.15) is 10.0 Å². The van der Waals surface area contributed by atoms with E-state index in [4.69, 9.17) is 51.1 Å². The maximum absolute atomic E-state index is 5.93. The van der Waals surface area contributed by atoms with Crippen LogP contribution in [-0.4, -0.2) is 9.97 Å². The van der Waals surface area contributed by atoms with E-state index < -0.39 is 0 Å². The summed E-state index contributed by atoms with van der Waals surface area (Å²) in [5, 5.41) is 0.220. The molecule has 17 heavy (non-hydrogen) atoms. The predicted molar refractivity (Wildman–Crippen MR) is 68.6 cm³/mol. The molecule has 2 rings (SSSR count). The summed E-state index contributed by atoms with van der Waals surface area (Å²) in [6.45, 7) is 0. The quantitative estimate of drug-likeness (QED) is 0.741. The third-order valence-electron chi connectivity index (χ3n) is 1.80. The van der Waals surface area contributed by atoms with Gasteiger partial charge in [-0.3, -0.25) is 0 Å². The van der Waals surface area contributed by atoms with Crippen LogP contribution in [-0.2, 0) is 0 Å². The van der Waals surface area contributed by atoms with Gasteiger partial charge in [0.05, 0.1) is 0 Å². The van der Waals surface area contributed by atoms with Crippen molar-refractivity contribution in [3.05, 3.63) is 44.7 Å². The SMILES string of the molecule is Clc1nc(Cl)c(Cl)c(Oc2ccccn2)c1Cl. The number of hydrogen-bond acceptors (Lipinski definition) is 3. The van der Waals surface area contributed by atoms with Crippen LogP contribution < -0.4 is 4.74 Å². The summed E-state index contributed by atoms with van der Waals surface area (Å²) in [5.41, 5.74) is 0. The van der Waals surface area contributed by atoms with Crippen molar-refractivity contribution in [3.8, 4) is 11.6 Å². The third kappa shape index (κ3) is 2.75. The van der Waals surface area contributed by atoms with E-state index in [-0.39, 0.29) is 26.1 Å². The molecule has 0 saturated heterocycles. The molecule has 0 amide bonds. The summed E-state index contributed by atoms with van der Waals surface area (Å²) in [7, 11) is 0. The molecular weight excluding hydrogens is 306 g/mol. The van der Waals surface area contributed by atoms with Crippen molar-refractivity contribution < 1.29 is 4.74 Å². The van der Waals surface area contributed by atoms with Crippen LogP contribution in [0.4, 0.5) is 0 Å². The lowest BCUT2D eigenvalue weighted by Crippen LogP contribution is -1.92. The van der Waals surface area contributed by atoms with Gasteiger partial charge in [0.2, 0.25) is 5.88 Å². The van der Waals surface area contributed by atoms with Crippen molar-refractivity contribution in [2.45, 2.75) is 0 Å². The van der Waals surface area contributed by atoms with E-state index in [0.717, 1.165) is 0 Å². The molecule has 0 spiro atoms. The van der Waals surface area contributed by atoms with Gasteiger partial charge in [0.25, 0.3) is 0 Å². The number of nitrogens with zero attached hydrogens (tertiary/aromatic N) is 2. The van der Waals surface area contributed by atoms with E-state index >= 15 is 0 Å². The van der Waals surface area contributed by atoms with Crippen LogP contribution in [0.15, 0.2) is 24.4 Å². The van der Waals surface area contributed by atoms with Crippen LogP contribution >= 0.6 is 46.4 Å². The Morgan fingerprint density at radius 3 is 2.12 bits per heavy atom. The van der Waals surface area contributed by atoms with Gasteiger partial charge in [-0.2, -0.15) is 0 Å². The zero-order valence-electron chi connectivity index (χ0n) is 8.12. The summed E-state index contributed by atoms with van der Waals surface area (Å²) >= 11 is 23.4. The van der Waals surface area contributed by atoms with E-state index in [1.807, 2.05) is 0 Å². The molecule has 0 bridgehead atoms. The standard InChI is InChI=1S/C10H4Cl4N2O/c11-6-8(7(12)10(14)16-9(6)13)17-5-3-1-2-4-15-5/h1-4H. The van der Waals surface area contributed by atoms with E-state index in [9.17, 15) is 0 Å². The topological polar surface area (TPSA) is 35.0 Å². The monoisotopic (exact) mass is 308 g/mol. The van der Waals surface area contributed by atoms with Crippen molar-refractivity contribution in [3.63, 3.8) is 0 Å². The lowest BCUT2D eigenvalue weighted by atomic mass is 10.4. The molecule has 0 fully saturated rings. The Labute approximate surface area is 117 Å². The molecular formula is C10H4Cl4N2O. The fourth-order valence-corrected chi connectivity index (χ4v) is 1.85. The molecule has 0 aliphatic heterocycles. The molecule has 88 valence electrons. The minimum absolute atomic E-state index is 0.0204. The molecule has 2 heterocycles. The average molecular weight is 310 g/mol. The Kier molecular flexibility index (Phi) is 3.94. The molecule has 7 heteroatoms. The van der Waals surface area contributed by atoms with Gasteiger partial charge in [-0.15, -0.1) is 0 Å². The van der Waals surface area contributed by atoms with Crippen LogP contribution in [0, 0.1) is 0 Å². The molecule has 0 radical (unpaired) electrons. The fourth-order valence-electron chi connectivity index (χ4n) is 1.07. The van der Waals surface area contributed by atoms with Crippen molar-refractivity contribution in [1.82, 2.24) is 9.97 Å². The lowest BCUT2D eigenvalue weighted by Gasteiger charge is -2.09. The second kappa shape index (κ2) is 5.27. The Morgan fingerprint density at radius 1 is 0.941 bits per heavy atom. The molecule has 0 N–H and O–H groups in total. The van der Waals surface area contributed by atoms with Crippen LogP contribution in [0.1, 0.15) is 0 Å². The number of rotatable bonds is 2. The molecule has 3 nitrogen and oxygen atoms in total. The first-order chi connectivity index (χ1) is 8.09. The molecule has 2 aromatic heterocycles. The van der Waals surface area contributed by atoms with Crippen LogP contribution in [0.3, 0.4) is 0 Å². The van der Waals surface area contributed by atoms with E-state index in [1.54, 1.807) is 24.4 Å². The molecule has 0 atom stereocenters. The van der Waals surface area contributed by atoms with Crippen molar-refractivity contribution in [2.75, 3.05) is 0 Å². The largest absolute Gasteiger partial charge is 0.436 e. The molecule has 0 aliphatic carbocycles. The van der Waals surface area contributed by atoms with Crippen molar-refractivity contribution in [2.24, 2.45) is 0 Å². The molecule has 0 unspecified atom stereocenters. The Bertz CT molecular complexity index is 521. The Hall–Kier alpha value is -0.740. The maximum atomic E-state index is 5.93. The van der Waals surface area contributed by atoms with Gasteiger partial charge in [-0.25, -0.2) is 9.97 Å². The highest BCUT2D eigenvalue weighted by atomic mass is 35.5. The number of halogens is 4. The van der Waals surface area contributed by atoms with E-state index in [0.29, 0.717) is 5.88 Å². The molecule has 0 aromatic carbocycles. The Balaban J connectivity index is 2.46. The number of ether oxygens (including phenoxy) is 1. The zero-order valence-corrected chi connectivity index (χ0v) is 11.1. The second-order valence-electron chi connectivity index (χ2n) is 2.92. The minimum Gasteiger partial charge on any atom is -0.436 e. The minimum atomic E-state index is 0.0204. The van der Waals surface area contributed by atoms with Gasteiger partial charge >= 0.3 is 0 Å². The lowest BCUT2D eigenvalue weighted by molar-refractivity contribution is 0.463. The van der Waals surface area contributed by atoms with E-state index in [2.05, 4.69) is 9.97 Å². The number of aromatic nitrogens is 2. The van der Waals surface area contributed by atoms with Gasteiger partial charge in [-0.1, -0.05) is 52.5 Å². The van der Waals surface area contributed by atoms with Gasteiger partial charge in [0.15, 0.2) is 16.1 Å². The van der Waals surface area contributed by atoms with E-state index in [1.165, 1.54) is 0 Å². The highest BCUT2D eigenvalue weighted by Gasteiger charge is 2.17. The summed E-state index contributed by atoms with van der Waals surface area (Å²) in [4.78, 5) is 7.71. The smallest absolute Gasteiger partial charge is 0.219 e.